The molecule has 90 valence electrons. The number of hydrazine groups is 1. The van der Waals surface area contributed by atoms with Gasteiger partial charge in [0.2, 0.25) is 5.91 Å². The monoisotopic (exact) mass is 234 g/mol. The molecule has 0 radical (unpaired) electrons. The van der Waals surface area contributed by atoms with E-state index in [-0.39, 0.29) is 5.91 Å². The van der Waals surface area contributed by atoms with Gasteiger partial charge in [-0.25, -0.2) is 5.84 Å². The van der Waals surface area contributed by atoms with Crippen molar-refractivity contribution in [1.82, 2.24) is 5.43 Å². The molecule has 0 saturated carbocycles. The van der Waals surface area contributed by atoms with Gasteiger partial charge in [0.05, 0.1) is 0 Å². The van der Waals surface area contributed by atoms with Crippen molar-refractivity contribution in [3.8, 4) is 0 Å². The summed E-state index contributed by atoms with van der Waals surface area (Å²) in [5, 5.41) is 2.76. The van der Waals surface area contributed by atoms with Gasteiger partial charge in [-0.3, -0.25) is 15.0 Å². The zero-order valence-corrected chi connectivity index (χ0v) is 9.19. The molecule has 1 aliphatic rings. The predicted molar refractivity (Wildman–Crippen MR) is 62.7 cm³/mol. The molecule has 6 heteroatoms. The molecule has 0 aliphatic carbocycles. The van der Waals surface area contributed by atoms with Crippen LogP contribution in [0.3, 0.4) is 0 Å². The number of rotatable bonds is 2. The number of anilines is 1. The molecule has 1 aliphatic heterocycles. The average molecular weight is 234 g/mol. The number of fused-ring (bicyclic) bond motifs is 1. The van der Waals surface area contributed by atoms with E-state index in [2.05, 4.69) is 5.32 Å². The molecule has 2 rings (SSSR count). The summed E-state index contributed by atoms with van der Waals surface area (Å²) in [7, 11) is 0. The highest BCUT2D eigenvalue weighted by Gasteiger charge is 2.19. The van der Waals surface area contributed by atoms with Crippen molar-refractivity contribution in [3.63, 3.8) is 0 Å². The molecule has 1 unspecified atom stereocenters. The van der Waals surface area contributed by atoms with Gasteiger partial charge in [0.25, 0.3) is 5.91 Å². The minimum Gasteiger partial charge on any atom is -0.326 e. The summed E-state index contributed by atoms with van der Waals surface area (Å²) >= 11 is 0. The number of hydrogen-bond acceptors (Lipinski definition) is 4. The molecule has 1 atom stereocenters. The minimum atomic E-state index is -0.789. The van der Waals surface area contributed by atoms with Crippen LogP contribution in [0.2, 0.25) is 0 Å². The van der Waals surface area contributed by atoms with Crippen LogP contribution in [-0.2, 0) is 16.0 Å². The molecular weight excluding hydrogens is 220 g/mol. The largest absolute Gasteiger partial charge is 0.326 e. The number of carbonyl (C=O) groups excluding carboxylic acids is 2. The fraction of sp³-hybridized carbons (Fsp3) is 0.273. The first kappa shape index (κ1) is 11.6. The molecule has 0 bridgehead atoms. The molecule has 6 nitrogen and oxygen atoms in total. The topological polar surface area (TPSA) is 110 Å². The Morgan fingerprint density at radius 2 is 2.18 bits per heavy atom. The van der Waals surface area contributed by atoms with E-state index < -0.39 is 11.9 Å². The second-order valence-corrected chi connectivity index (χ2v) is 3.95. The third kappa shape index (κ3) is 2.27. The van der Waals surface area contributed by atoms with Crippen LogP contribution in [0.5, 0.6) is 0 Å². The molecule has 1 heterocycles. The summed E-state index contributed by atoms with van der Waals surface area (Å²) < 4.78 is 0. The maximum Gasteiger partial charge on any atom is 0.255 e. The third-order valence-electron chi connectivity index (χ3n) is 2.81. The smallest absolute Gasteiger partial charge is 0.255 e. The molecule has 0 aromatic heterocycles. The van der Waals surface area contributed by atoms with E-state index in [0.717, 1.165) is 11.3 Å². The zero-order valence-electron chi connectivity index (χ0n) is 9.19. The fourth-order valence-corrected chi connectivity index (χ4v) is 1.84. The summed E-state index contributed by atoms with van der Waals surface area (Å²) in [4.78, 5) is 22.5. The molecular formula is C11H14N4O2. The Balaban J connectivity index is 2.28. The van der Waals surface area contributed by atoms with Gasteiger partial charge in [-0.05, 0) is 23.6 Å². The highest BCUT2D eigenvalue weighted by atomic mass is 16.2. The number of benzene rings is 1. The molecule has 1 aromatic carbocycles. The molecule has 0 saturated heterocycles. The van der Waals surface area contributed by atoms with Crippen LogP contribution in [0, 0.1) is 0 Å². The first-order valence-corrected chi connectivity index (χ1v) is 5.30. The number of aryl methyl sites for hydroxylation is 1. The zero-order chi connectivity index (χ0) is 12.4. The summed E-state index contributed by atoms with van der Waals surface area (Å²) in [5.41, 5.74) is 10.2. The van der Waals surface area contributed by atoms with Gasteiger partial charge in [0.15, 0.2) is 0 Å². The Morgan fingerprint density at radius 1 is 1.41 bits per heavy atom. The summed E-state index contributed by atoms with van der Waals surface area (Å²) in [6, 6.07) is 4.51. The highest BCUT2D eigenvalue weighted by Crippen LogP contribution is 2.25. The number of carbonyl (C=O) groups is 2. The maximum absolute atomic E-state index is 11.3. The van der Waals surface area contributed by atoms with Crippen molar-refractivity contribution >= 4 is 17.5 Å². The molecule has 2 amide bonds. The first-order valence-electron chi connectivity index (χ1n) is 5.30. The van der Waals surface area contributed by atoms with E-state index in [9.17, 15) is 9.59 Å². The lowest BCUT2D eigenvalue weighted by Gasteiger charge is -2.19. The van der Waals surface area contributed by atoms with E-state index in [1.54, 1.807) is 12.1 Å². The third-order valence-corrected chi connectivity index (χ3v) is 2.81. The lowest BCUT2D eigenvalue weighted by Crippen LogP contribution is -2.38. The van der Waals surface area contributed by atoms with Crippen LogP contribution in [0.4, 0.5) is 5.69 Å². The number of nitrogens with two attached hydrogens (primary N) is 2. The molecule has 0 spiro atoms. The summed E-state index contributed by atoms with van der Waals surface area (Å²) in [5.74, 6) is 4.60. The van der Waals surface area contributed by atoms with Gasteiger partial charge in [0.1, 0.15) is 6.04 Å². The van der Waals surface area contributed by atoms with E-state index in [0.29, 0.717) is 18.4 Å². The van der Waals surface area contributed by atoms with Crippen LogP contribution in [0.25, 0.3) is 0 Å². The van der Waals surface area contributed by atoms with Crippen molar-refractivity contribution in [2.45, 2.75) is 18.9 Å². The van der Waals surface area contributed by atoms with Crippen LogP contribution >= 0.6 is 0 Å². The summed E-state index contributed by atoms with van der Waals surface area (Å²) in [6.07, 6.45) is 1.11. The first-order chi connectivity index (χ1) is 8.11. The number of nitrogens with one attached hydrogen (secondary N) is 2. The Hall–Kier alpha value is -1.92. The average Bonchev–Trinajstić information content (AvgIpc) is 2.36. The lowest BCUT2D eigenvalue weighted by atomic mass is 9.97. The fourth-order valence-electron chi connectivity index (χ4n) is 1.84. The van der Waals surface area contributed by atoms with Crippen LogP contribution < -0.4 is 22.3 Å². The SMILES string of the molecule is NNC(=O)C(N)c1ccc2c(c1)CCC(=O)N2. The van der Waals surface area contributed by atoms with E-state index in [1.807, 2.05) is 11.5 Å². The normalized spacial score (nSPS) is 15.8. The molecule has 17 heavy (non-hydrogen) atoms. The predicted octanol–water partition coefficient (Wildman–Crippen LogP) is -0.439. The standard InChI is InChI=1S/C11H14N4O2/c12-10(11(17)15-13)7-1-3-8-6(5-7)2-4-9(16)14-8/h1,3,5,10H,2,4,12-13H2,(H,14,16)(H,15,17). The summed E-state index contributed by atoms with van der Waals surface area (Å²) in [6.45, 7) is 0. The highest BCUT2D eigenvalue weighted by molar-refractivity contribution is 5.94. The van der Waals surface area contributed by atoms with E-state index in [1.165, 1.54) is 0 Å². The molecule has 6 N–H and O–H groups in total. The van der Waals surface area contributed by atoms with Crippen LogP contribution in [0.1, 0.15) is 23.6 Å². The maximum atomic E-state index is 11.3. The van der Waals surface area contributed by atoms with Crippen molar-refractivity contribution in [2.24, 2.45) is 11.6 Å². The van der Waals surface area contributed by atoms with Gasteiger partial charge in [0, 0.05) is 12.1 Å². The van der Waals surface area contributed by atoms with Crippen LogP contribution in [-0.4, -0.2) is 11.8 Å². The Labute approximate surface area is 98.3 Å². The molecule has 0 fully saturated rings. The van der Waals surface area contributed by atoms with Crippen molar-refractivity contribution in [1.29, 1.82) is 0 Å². The Morgan fingerprint density at radius 3 is 2.88 bits per heavy atom. The van der Waals surface area contributed by atoms with Crippen molar-refractivity contribution in [3.05, 3.63) is 29.3 Å². The van der Waals surface area contributed by atoms with E-state index in [4.69, 9.17) is 11.6 Å². The Kier molecular flexibility index (Phi) is 3.08. The molecule has 1 aromatic rings. The second kappa shape index (κ2) is 4.52. The van der Waals surface area contributed by atoms with Crippen LogP contribution in [0.15, 0.2) is 18.2 Å². The Bertz CT molecular complexity index is 473. The number of amides is 2. The lowest BCUT2D eigenvalue weighted by molar-refractivity contribution is -0.122. The van der Waals surface area contributed by atoms with Gasteiger partial charge in [-0.1, -0.05) is 12.1 Å². The van der Waals surface area contributed by atoms with Crippen molar-refractivity contribution in [2.75, 3.05) is 5.32 Å². The van der Waals surface area contributed by atoms with Gasteiger partial charge in [-0.15, -0.1) is 0 Å². The van der Waals surface area contributed by atoms with Gasteiger partial charge >= 0.3 is 0 Å². The van der Waals surface area contributed by atoms with E-state index >= 15 is 0 Å². The minimum absolute atomic E-state index is 0.00856. The van der Waals surface area contributed by atoms with Crippen molar-refractivity contribution < 1.29 is 9.59 Å². The van der Waals surface area contributed by atoms with Gasteiger partial charge in [-0.2, -0.15) is 0 Å². The quantitative estimate of drug-likeness (QED) is 0.316. The second-order valence-electron chi connectivity index (χ2n) is 3.95. The number of hydrogen-bond donors (Lipinski definition) is 4. The van der Waals surface area contributed by atoms with Gasteiger partial charge < -0.3 is 11.1 Å².